The number of rotatable bonds is 5. The minimum Gasteiger partial charge on any atom is -0.460 e. The molecule has 0 saturated carbocycles. The molecule has 4 nitrogen and oxygen atoms in total. The first-order valence-corrected chi connectivity index (χ1v) is 5.73. The van der Waals surface area contributed by atoms with Gasteiger partial charge in [0.1, 0.15) is 12.2 Å². The second-order valence-corrected chi connectivity index (χ2v) is 4.17. The molecular formula is C12H16ClNO3. The van der Waals surface area contributed by atoms with E-state index in [4.69, 9.17) is 26.8 Å². The Morgan fingerprint density at radius 3 is 2.71 bits per heavy atom. The van der Waals surface area contributed by atoms with Crippen LogP contribution in [0.25, 0.3) is 0 Å². The predicted molar refractivity (Wildman–Crippen MR) is 67.2 cm³/mol. The van der Waals surface area contributed by atoms with Gasteiger partial charge in [-0.3, -0.25) is 0 Å². The lowest BCUT2D eigenvalue weighted by Gasteiger charge is -2.10. The molecule has 5 heteroatoms. The lowest BCUT2D eigenvalue weighted by Crippen LogP contribution is -2.15. The van der Waals surface area contributed by atoms with Crippen molar-refractivity contribution < 1.29 is 14.3 Å². The number of carbonyl (C=O) groups excluding carboxylic acids is 1. The van der Waals surface area contributed by atoms with E-state index in [0.29, 0.717) is 17.3 Å². The van der Waals surface area contributed by atoms with Gasteiger partial charge >= 0.3 is 5.97 Å². The first kappa shape index (κ1) is 13.8. The van der Waals surface area contributed by atoms with Crippen LogP contribution in [0.3, 0.4) is 0 Å². The maximum Gasteiger partial charge on any atom is 0.341 e. The van der Waals surface area contributed by atoms with Crippen LogP contribution in [0.1, 0.15) is 24.2 Å². The molecule has 0 spiro atoms. The Kier molecular flexibility index (Phi) is 5.25. The molecular weight excluding hydrogens is 242 g/mol. The first-order valence-electron chi connectivity index (χ1n) is 5.35. The van der Waals surface area contributed by atoms with Gasteiger partial charge in [-0.05, 0) is 26.0 Å². The van der Waals surface area contributed by atoms with Crippen LogP contribution in [0.15, 0.2) is 18.2 Å². The average molecular weight is 258 g/mol. The van der Waals surface area contributed by atoms with Crippen LogP contribution < -0.4 is 5.73 Å². The Balaban J connectivity index is 2.53. The number of benzene rings is 1. The van der Waals surface area contributed by atoms with Gasteiger partial charge in [0, 0.05) is 5.69 Å². The molecule has 1 aromatic rings. The summed E-state index contributed by atoms with van der Waals surface area (Å²) < 4.78 is 10.3. The summed E-state index contributed by atoms with van der Waals surface area (Å²) in [4.78, 5) is 11.7. The number of anilines is 1. The van der Waals surface area contributed by atoms with Crippen molar-refractivity contribution in [3.8, 4) is 0 Å². The molecule has 0 aliphatic rings. The zero-order valence-corrected chi connectivity index (χ0v) is 10.7. The number of hydrogen-bond acceptors (Lipinski definition) is 4. The number of nitrogens with two attached hydrogens (primary N) is 1. The van der Waals surface area contributed by atoms with Gasteiger partial charge in [0.25, 0.3) is 0 Å². The molecule has 0 atom stereocenters. The molecule has 0 aromatic heterocycles. The minimum absolute atomic E-state index is 0.110. The summed E-state index contributed by atoms with van der Waals surface area (Å²) in [7, 11) is 0. The maximum atomic E-state index is 11.7. The fourth-order valence-corrected chi connectivity index (χ4v) is 1.51. The van der Waals surface area contributed by atoms with Gasteiger partial charge in [-0.1, -0.05) is 17.7 Å². The van der Waals surface area contributed by atoms with Crippen molar-refractivity contribution in [2.75, 3.05) is 18.9 Å². The van der Waals surface area contributed by atoms with Crippen molar-refractivity contribution in [1.82, 2.24) is 0 Å². The van der Waals surface area contributed by atoms with Crippen LogP contribution >= 0.6 is 11.6 Å². The second-order valence-electron chi connectivity index (χ2n) is 3.76. The molecule has 0 fully saturated rings. The van der Waals surface area contributed by atoms with Crippen LogP contribution in [0.2, 0.25) is 5.02 Å². The lowest BCUT2D eigenvalue weighted by atomic mass is 10.2. The smallest absolute Gasteiger partial charge is 0.341 e. The zero-order valence-electron chi connectivity index (χ0n) is 9.90. The van der Waals surface area contributed by atoms with Crippen LogP contribution in [0.4, 0.5) is 5.69 Å². The van der Waals surface area contributed by atoms with Crippen molar-refractivity contribution in [3.05, 3.63) is 28.8 Å². The Labute approximate surface area is 106 Å². The highest BCUT2D eigenvalue weighted by atomic mass is 35.5. The van der Waals surface area contributed by atoms with Gasteiger partial charge < -0.3 is 15.2 Å². The van der Waals surface area contributed by atoms with Gasteiger partial charge in [0.2, 0.25) is 0 Å². The van der Waals surface area contributed by atoms with Crippen LogP contribution in [-0.4, -0.2) is 25.3 Å². The number of carbonyl (C=O) groups is 1. The van der Waals surface area contributed by atoms with Crippen molar-refractivity contribution in [2.45, 2.75) is 20.0 Å². The largest absolute Gasteiger partial charge is 0.460 e. The molecule has 0 aliphatic heterocycles. The minimum atomic E-state index is -0.527. The summed E-state index contributed by atoms with van der Waals surface area (Å²) in [5.74, 6) is -0.527. The van der Waals surface area contributed by atoms with Gasteiger partial charge in [-0.25, -0.2) is 4.79 Å². The van der Waals surface area contributed by atoms with E-state index in [9.17, 15) is 4.79 Å². The van der Waals surface area contributed by atoms with Crippen molar-refractivity contribution >= 4 is 23.3 Å². The average Bonchev–Trinajstić information content (AvgIpc) is 2.24. The number of halogens is 1. The van der Waals surface area contributed by atoms with E-state index in [1.165, 1.54) is 0 Å². The summed E-state index contributed by atoms with van der Waals surface area (Å²) >= 11 is 5.88. The molecule has 0 saturated heterocycles. The topological polar surface area (TPSA) is 61.5 Å². The highest BCUT2D eigenvalue weighted by Gasteiger charge is 2.15. The quantitative estimate of drug-likeness (QED) is 0.500. The number of esters is 1. The van der Waals surface area contributed by atoms with E-state index in [0.717, 1.165) is 0 Å². The fourth-order valence-electron chi connectivity index (χ4n) is 1.25. The summed E-state index contributed by atoms with van der Waals surface area (Å²) in [6.45, 7) is 4.36. The molecule has 1 rings (SSSR count). The van der Waals surface area contributed by atoms with Gasteiger partial charge in [-0.15, -0.1) is 0 Å². The SMILES string of the molecule is CC(C)OCCOC(=O)c1c(N)cccc1Cl. The summed E-state index contributed by atoms with van der Waals surface area (Å²) in [6, 6.07) is 4.88. The number of nitrogen functional groups attached to an aromatic ring is 1. The molecule has 0 unspecified atom stereocenters. The van der Waals surface area contributed by atoms with Crippen LogP contribution in [0, 0.1) is 0 Å². The molecule has 17 heavy (non-hydrogen) atoms. The summed E-state index contributed by atoms with van der Waals surface area (Å²) in [5, 5.41) is 0.291. The Bertz CT molecular complexity index is 373. The van der Waals surface area contributed by atoms with E-state index in [1.807, 2.05) is 13.8 Å². The Morgan fingerprint density at radius 2 is 2.12 bits per heavy atom. The van der Waals surface area contributed by atoms with Crippen LogP contribution in [-0.2, 0) is 9.47 Å². The molecule has 0 heterocycles. The summed E-state index contributed by atoms with van der Waals surface area (Å²) in [6.07, 6.45) is 0.110. The van der Waals surface area contributed by atoms with Crippen LogP contribution in [0.5, 0.6) is 0 Å². The molecule has 0 radical (unpaired) electrons. The van der Waals surface area contributed by atoms with Crippen molar-refractivity contribution in [3.63, 3.8) is 0 Å². The summed E-state index contributed by atoms with van der Waals surface area (Å²) in [5.41, 5.74) is 6.18. The predicted octanol–water partition coefficient (Wildman–Crippen LogP) is 2.50. The fraction of sp³-hybridized carbons (Fsp3) is 0.417. The number of ether oxygens (including phenoxy) is 2. The molecule has 0 aliphatic carbocycles. The van der Waals surface area contributed by atoms with Crippen molar-refractivity contribution in [1.29, 1.82) is 0 Å². The van der Waals surface area contributed by atoms with Crippen molar-refractivity contribution in [2.24, 2.45) is 0 Å². The molecule has 94 valence electrons. The molecule has 1 aromatic carbocycles. The monoisotopic (exact) mass is 257 g/mol. The van der Waals surface area contributed by atoms with E-state index < -0.39 is 5.97 Å². The Hall–Kier alpha value is -1.26. The second kappa shape index (κ2) is 6.47. The third kappa shape index (κ3) is 4.24. The molecule has 0 amide bonds. The maximum absolute atomic E-state index is 11.7. The third-order valence-corrected chi connectivity index (χ3v) is 2.33. The van der Waals surface area contributed by atoms with E-state index in [2.05, 4.69) is 0 Å². The van der Waals surface area contributed by atoms with Gasteiger partial charge in [0.05, 0.1) is 17.7 Å². The number of hydrogen-bond donors (Lipinski definition) is 1. The van der Waals surface area contributed by atoms with E-state index in [-0.39, 0.29) is 18.3 Å². The standard InChI is InChI=1S/C12H16ClNO3/c1-8(2)16-6-7-17-12(15)11-9(13)4-3-5-10(11)14/h3-5,8H,6-7,14H2,1-2H3. The highest BCUT2D eigenvalue weighted by molar-refractivity contribution is 6.34. The zero-order chi connectivity index (χ0) is 12.8. The lowest BCUT2D eigenvalue weighted by molar-refractivity contribution is 0.0178. The molecule has 0 bridgehead atoms. The molecule has 2 N–H and O–H groups in total. The van der Waals surface area contributed by atoms with E-state index in [1.54, 1.807) is 18.2 Å². The van der Waals surface area contributed by atoms with Gasteiger partial charge in [-0.2, -0.15) is 0 Å². The third-order valence-electron chi connectivity index (χ3n) is 2.02. The Morgan fingerprint density at radius 1 is 1.41 bits per heavy atom. The normalized spacial score (nSPS) is 10.6. The van der Waals surface area contributed by atoms with Gasteiger partial charge in [0.15, 0.2) is 0 Å². The van der Waals surface area contributed by atoms with E-state index >= 15 is 0 Å². The first-order chi connectivity index (χ1) is 8.02. The highest BCUT2D eigenvalue weighted by Crippen LogP contribution is 2.22.